The van der Waals surface area contributed by atoms with E-state index in [0.29, 0.717) is 31.1 Å². The molecule has 0 aliphatic carbocycles. The number of rotatable bonds is 6. The van der Waals surface area contributed by atoms with Crippen molar-refractivity contribution in [2.75, 3.05) is 19.6 Å². The van der Waals surface area contributed by atoms with Gasteiger partial charge in [0.25, 0.3) is 5.91 Å². The van der Waals surface area contributed by atoms with Crippen LogP contribution in [0.25, 0.3) is 0 Å². The highest BCUT2D eigenvalue weighted by Gasteiger charge is 2.33. The zero-order valence-electron chi connectivity index (χ0n) is 17.2. The summed E-state index contributed by atoms with van der Waals surface area (Å²) in [7, 11) is -3.67. The number of benzene rings is 1. The van der Waals surface area contributed by atoms with Crippen LogP contribution >= 0.6 is 0 Å². The average molecular weight is 397 g/mol. The molecule has 3 unspecified atom stereocenters. The topological polar surface area (TPSA) is 66.9 Å². The fourth-order valence-electron chi connectivity index (χ4n) is 3.41. The molecule has 2 rings (SSSR count). The largest absolute Gasteiger partial charge is 0.373 e. The van der Waals surface area contributed by atoms with Crippen LogP contribution in [0.1, 0.15) is 51.9 Å². The molecule has 0 radical (unpaired) electrons. The fourth-order valence-corrected chi connectivity index (χ4v) is 5.04. The highest BCUT2D eigenvalue weighted by atomic mass is 32.2. The lowest BCUT2D eigenvalue weighted by molar-refractivity contribution is -0.0440. The number of ether oxygens (including phenoxy) is 1. The van der Waals surface area contributed by atoms with Gasteiger partial charge >= 0.3 is 0 Å². The first kappa shape index (κ1) is 21.9. The van der Waals surface area contributed by atoms with Crippen molar-refractivity contribution in [2.24, 2.45) is 5.92 Å². The van der Waals surface area contributed by atoms with Crippen molar-refractivity contribution >= 4 is 15.9 Å². The third kappa shape index (κ3) is 4.89. The van der Waals surface area contributed by atoms with Crippen molar-refractivity contribution in [1.29, 1.82) is 0 Å². The van der Waals surface area contributed by atoms with Crippen LogP contribution in [0.2, 0.25) is 0 Å². The zero-order valence-corrected chi connectivity index (χ0v) is 18.0. The molecule has 0 spiro atoms. The van der Waals surface area contributed by atoms with Crippen molar-refractivity contribution in [3.63, 3.8) is 0 Å². The minimum absolute atomic E-state index is 0.0729. The molecule has 1 saturated heterocycles. The molecule has 1 aliphatic heterocycles. The molecule has 1 heterocycles. The molecule has 0 N–H and O–H groups in total. The van der Waals surface area contributed by atoms with Gasteiger partial charge in [-0.25, -0.2) is 8.42 Å². The van der Waals surface area contributed by atoms with Crippen LogP contribution in [0, 0.1) is 5.92 Å². The van der Waals surface area contributed by atoms with E-state index in [-0.39, 0.29) is 29.1 Å². The number of hydrogen-bond donors (Lipinski definition) is 0. The molecule has 7 heteroatoms. The maximum absolute atomic E-state index is 13.1. The number of sulfonamides is 1. The third-order valence-electron chi connectivity index (χ3n) is 5.16. The molecule has 1 amide bonds. The first-order valence-corrected chi connectivity index (χ1v) is 11.1. The number of carbonyl (C=O) groups is 1. The molecule has 0 bridgehead atoms. The second-order valence-electron chi connectivity index (χ2n) is 7.68. The summed E-state index contributed by atoms with van der Waals surface area (Å²) in [5.41, 5.74) is 0.403. The van der Waals surface area contributed by atoms with Crippen molar-refractivity contribution in [3.05, 3.63) is 29.8 Å². The summed E-state index contributed by atoms with van der Waals surface area (Å²) in [6.45, 7) is 13.0. The van der Waals surface area contributed by atoms with E-state index in [1.807, 2.05) is 27.7 Å². The number of carbonyl (C=O) groups excluding carboxylic acids is 1. The summed E-state index contributed by atoms with van der Waals surface area (Å²) in [6, 6.07) is 6.45. The first-order valence-electron chi connectivity index (χ1n) is 9.64. The van der Waals surface area contributed by atoms with Gasteiger partial charge in [-0.15, -0.1) is 0 Å². The summed E-state index contributed by atoms with van der Waals surface area (Å²) in [6.07, 6.45) is -0.313. The quantitative estimate of drug-likeness (QED) is 0.741. The van der Waals surface area contributed by atoms with Gasteiger partial charge in [0, 0.05) is 31.2 Å². The maximum atomic E-state index is 13.1. The third-order valence-corrected chi connectivity index (χ3v) is 6.99. The molecule has 27 heavy (non-hydrogen) atoms. The van der Waals surface area contributed by atoms with Crippen molar-refractivity contribution in [3.8, 4) is 0 Å². The Labute approximate surface area is 163 Å². The second-order valence-corrected chi connectivity index (χ2v) is 9.62. The summed E-state index contributed by atoms with van der Waals surface area (Å²) in [5, 5.41) is 0. The van der Waals surface area contributed by atoms with Crippen molar-refractivity contribution in [2.45, 2.75) is 64.7 Å². The van der Waals surface area contributed by atoms with Gasteiger partial charge in [0.05, 0.1) is 17.1 Å². The monoisotopic (exact) mass is 396 g/mol. The SMILES string of the molecule is CCN(C(=O)c1cccc(S(=O)(=O)N2CC(C)OC(C)C2)c1)C(C)C(C)C. The molecule has 0 aromatic heterocycles. The molecule has 6 nitrogen and oxygen atoms in total. The molecule has 3 atom stereocenters. The van der Waals surface area contributed by atoms with Crippen LogP contribution in [0.15, 0.2) is 29.2 Å². The minimum atomic E-state index is -3.67. The number of morpholine rings is 1. The summed E-state index contributed by atoms with van der Waals surface area (Å²) in [4.78, 5) is 14.9. The van der Waals surface area contributed by atoms with Gasteiger partial charge in [-0.3, -0.25) is 4.79 Å². The molecule has 1 aromatic rings. The normalized spacial score (nSPS) is 22.6. The Morgan fingerprint density at radius 3 is 2.33 bits per heavy atom. The lowest BCUT2D eigenvalue weighted by Gasteiger charge is -2.34. The molecular weight excluding hydrogens is 364 g/mol. The Balaban J connectivity index is 2.32. The summed E-state index contributed by atoms with van der Waals surface area (Å²) >= 11 is 0. The van der Waals surface area contributed by atoms with E-state index in [0.717, 1.165) is 0 Å². The Morgan fingerprint density at radius 2 is 1.81 bits per heavy atom. The van der Waals surface area contributed by atoms with Crippen LogP contribution in [0.5, 0.6) is 0 Å². The number of hydrogen-bond acceptors (Lipinski definition) is 4. The van der Waals surface area contributed by atoms with Crippen molar-refractivity contribution in [1.82, 2.24) is 9.21 Å². The first-order chi connectivity index (χ1) is 12.6. The van der Waals surface area contributed by atoms with E-state index in [9.17, 15) is 13.2 Å². The van der Waals surface area contributed by atoms with Gasteiger partial charge in [-0.1, -0.05) is 19.9 Å². The number of nitrogens with zero attached hydrogens (tertiary/aromatic N) is 2. The fraction of sp³-hybridized carbons (Fsp3) is 0.650. The van der Waals surface area contributed by atoms with Gasteiger partial charge in [-0.2, -0.15) is 4.31 Å². The Morgan fingerprint density at radius 1 is 1.22 bits per heavy atom. The zero-order chi connectivity index (χ0) is 20.4. The molecule has 1 aromatic carbocycles. The van der Waals surface area contributed by atoms with Gasteiger partial charge < -0.3 is 9.64 Å². The van der Waals surface area contributed by atoms with Gasteiger partial charge in [0.2, 0.25) is 10.0 Å². The molecule has 1 fully saturated rings. The molecular formula is C20H32N2O4S. The van der Waals surface area contributed by atoms with Crippen LogP contribution in [0.3, 0.4) is 0 Å². The molecule has 1 aliphatic rings. The van der Waals surface area contributed by atoms with Crippen LogP contribution in [-0.2, 0) is 14.8 Å². The molecule has 0 saturated carbocycles. The highest BCUT2D eigenvalue weighted by Crippen LogP contribution is 2.23. The predicted octanol–water partition coefficient (Wildman–Crippen LogP) is 2.99. The second kappa shape index (κ2) is 8.71. The van der Waals surface area contributed by atoms with E-state index in [1.165, 1.54) is 10.4 Å². The van der Waals surface area contributed by atoms with Crippen LogP contribution in [0.4, 0.5) is 0 Å². The lowest BCUT2D eigenvalue weighted by atomic mass is 10.0. The standard InChI is InChI=1S/C20H32N2O4S/c1-7-22(17(6)14(2)3)20(23)18-9-8-10-19(11-18)27(24,25)21-12-15(4)26-16(5)13-21/h8-11,14-17H,7,12-13H2,1-6H3. The van der Waals surface area contributed by atoms with E-state index in [4.69, 9.17) is 4.74 Å². The predicted molar refractivity (Wildman–Crippen MR) is 106 cm³/mol. The average Bonchev–Trinajstić information content (AvgIpc) is 2.61. The van der Waals surface area contributed by atoms with E-state index in [1.54, 1.807) is 23.1 Å². The van der Waals surface area contributed by atoms with Gasteiger partial charge in [-0.05, 0) is 51.8 Å². The van der Waals surface area contributed by atoms with E-state index in [2.05, 4.69) is 13.8 Å². The number of amides is 1. The highest BCUT2D eigenvalue weighted by molar-refractivity contribution is 7.89. The Kier molecular flexibility index (Phi) is 7.05. The summed E-state index contributed by atoms with van der Waals surface area (Å²) < 4.78 is 33.2. The molecule has 152 valence electrons. The maximum Gasteiger partial charge on any atom is 0.254 e. The summed E-state index contributed by atoms with van der Waals surface area (Å²) in [5.74, 6) is 0.177. The van der Waals surface area contributed by atoms with Crippen molar-refractivity contribution < 1.29 is 17.9 Å². The minimum Gasteiger partial charge on any atom is -0.373 e. The Hall–Kier alpha value is -1.44. The van der Waals surface area contributed by atoms with Crippen LogP contribution < -0.4 is 0 Å². The van der Waals surface area contributed by atoms with E-state index >= 15 is 0 Å². The van der Waals surface area contributed by atoms with Gasteiger partial charge in [0.15, 0.2) is 0 Å². The lowest BCUT2D eigenvalue weighted by Crippen LogP contribution is -2.48. The van der Waals surface area contributed by atoms with E-state index < -0.39 is 10.0 Å². The Bertz CT molecular complexity index is 753. The smallest absolute Gasteiger partial charge is 0.254 e. The van der Waals surface area contributed by atoms with Crippen LogP contribution in [-0.4, -0.2) is 61.4 Å². The van der Waals surface area contributed by atoms with Gasteiger partial charge in [0.1, 0.15) is 0 Å².